The van der Waals surface area contributed by atoms with Gasteiger partial charge in [-0.25, -0.2) is 9.18 Å². The van der Waals surface area contributed by atoms with Crippen LogP contribution in [0.4, 0.5) is 9.18 Å². The van der Waals surface area contributed by atoms with Crippen LogP contribution in [0.15, 0.2) is 72.8 Å². The highest BCUT2D eigenvalue weighted by atomic mass is 19.1. The van der Waals surface area contributed by atoms with Crippen molar-refractivity contribution in [1.82, 2.24) is 4.90 Å². The maximum atomic E-state index is 13.0. The number of hydrogen-bond donors (Lipinski definition) is 0. The van der Waals surface area contributed by atoms with Gasteiger partial charge in [-0.1, -0.05) is 30.3 Å². The third-order valence-electron chi connectivity index (χ3n) is 5.62. The van der Waals surface area contributed by atoms with E-state index in [4.69, 9.17) is 18.9 Å². The summed E-state index contributed by atoms with van der Waals surface area (Å²) in [5, 5.41) is 0. The molecule has 6 nitrogen and oxygen atoms in total. The minimum atomic E-state index is -0.302. The van der Waals surface area contributed by atoms with Gasteiger partial charge in [0.15, 0.2) is 11.5 Å². The first-order valence-electron chi connectivity index (χ1n) is 10.8. The molecule has 0 unspecified atom stereocenters. The third kappa shape index (κ3) is 5.94. The van der Waals surface area contributed by atoms with Gasteiger partial charge in [0.2, 0.25) is 6.79 Å². The molecule has 7 heteroatoms. The molecule has 2 heterocycles. The number of amides is 1. The normalized spacial score (nSPS) is 14.8. The number of rotatable bonds is 3. The van der Waals surface area contributed by atoms with Gasteiger partial charge in [-0.3, -0.25) is 0 Å². The number of carbonyl (C=O) groups is 1. The number of benzene rings is 3. The quantitative estimate of drug-likeness (QED) is 0.517. The topological polar surface area (TPSA) is 57.2 Å². The average molecular weight is 451 g/mol. The SMILES string of the molecule is COc1ccc2c(c1)OCO2.O=C(Oc1ccccc1)N1CCC(c2ccc(F)cc2)CC1. The number of hydrogen-bond acceptors (Lipinski definition) is 5. The smallest absolute Gasteiger partial charge is 0.415 e. The first kappa shape index (κ1) is 22.5. The Morgan fingerprint density at radius 1 is 0.909 bits per heavy atom. The van der Waals surface area contributed by atoms with Crippen molar-refractivity contribution in [2.24, 2.45) is 0 Å². The van der Waals surface area contributed by atoms with Gasteiger partial charge in [0.25, 0.3) is 0 Å². The van der Waals surface area contributed by atoms with E-state index in [1.54, 1.807) is 24.1 Å². The zero-order valence-corrected chi connectivity index (χ0v) is 18.4. The van der Waals surface area contributed by atoms with Crippen LogP contribution in [-0.4, -0.2) is 38.0 Å². The van der Waals surface area contributed by atoms with E-state index in [-0.39, 0.29) is 11.9 Å². The molecule has 3 aromatic rings. The number of methoxy groups -OCH3 is 1. The standard InChI is InChI=1S/C18H18FNO2.C8H8O3/c19-16-8-6-14(7-9-16)15-10-12-20(13-11-15)18(21)22-17-4-2-1-3-5-17;1-9-6-2-3-7-8(4-6)11-5-10-7/h1-9,15H,10-13H2;2-4H,5H2,1H3. The highest BCUT2D eigenvalue weighted by molar-refractivity contribution is 5.70. The lowest BCUT2D eigenvalue weighted by atomic mass is 9.89. The molecular formula is C26H26FNO5. The zero-order chi connectivity index (χ0) is 23.0. The largest absolute Gasteiger partial charge is 0.497 e. The molecule has 0 aliphatic carbocycles. The lowest BCUT2D eigenvalue weighted by Gasteiger charge is -2.31. The molecule has 172 valence electrons. The third-order valence-corrected chi connectivity index (χ3v) is 5.62. The van der Waals surface area contributed by atoms with Crippen molar-refractivity contribution in [2.45, 2.75) is 18.8 Å². The van der Waals surface area contributed by atoms with Gasteiger partial charge in [-0.05, 0) is 60.7 Å². The molecule has 0 atom stereocenters. The van der Waals surface area contributed by atoms with Crippen molar-refractivity contribution in [3.05, 3.63) is 84.2 Å². The van der Waals surface area contributed by atoms with Gasteiger partial charge in [0.1, 0.15) is 17.3 Å². The van der Waals surface area contributed by atoms with Crippen molar-refractivity contribution < 1.29 is 28.1 Å². The molecule has 0 radical (unpaired) electrons. The van der Waals surface area contributed by atoms with Gasteiger partial charge < -0.3 is 23.8 Å². The predicted octanol–water partition coefficient (Wildman–Crippen LogP) is 5.63. The van der Waals surface area contributed by atoms with Crippen LogP contribution in [-0.2, 0) is 0 Å². The number of fused-ring (bicyclic) bond motifs is 1. The van der Waals surface area contributed by atoms with Crippen molar-refractivity contribution in [3.8, 4) is 23.0 Å². The molecule has 5 rings (SSSR count). The highest BCUT2D eigenvalue weighted by Gasteiger charge is 2.25. The summed E-state index contributed by atoms with van der Waals surface area (Å²) in [7, 11) is 1.62. The molecule has 2 aliphatic rings. The van der Waals surface area contributed by atoms with Crippen molar-refractivity contribution in [2.75, 3.05) is 27.0 Å². The van der Waals surface area contributed by atoms with Crippen LogP contribution in [0.1, 0.15) is 24.3 Å². The molecule has 0 spiro atoms. The Bertz CT molecular complexity index is 1050. The Morgan fingerprint density at radius 3 is 2.30 bits per heavy atom. The Morgan fingerprint density at radius 2 is 1.61 bits per heavy atom. The summed E-state index contributed by atoms with van der Waals surface area (Å²) in [5.74, 6) is 3.05. The molecule has 1 saturated heterocycles. The van der Waals surface area contributed by atoms with Gasteiger partial charge in [0, 0.05) is 19.2 Å². The van der Waals surface area contributed by atoms with Crippen molar-refractivity contribution in [1.29, 1.82) is 0 Å². The second kappa shape index (κ2) is 10.7. The molecule has 1 fully saturated rings. The molecule has 33 heavy (non-hydrogen) atoms. The summed E-state index contributed by atoms with van der Waals surface area (Å²) in [5.41, 5.74) is 1.14. The van der Waals surface area contributed by atoms with E-state index in [0.29, 0.717) is 31.5 Å². The fourth-order valence-corrected chi connectivity index (χ4v) is 3.79. The van der Waals surface area contributed by atoms with E-state index in [9.17, 15) is 9.18 Å². The van der Waals surface area contributed by atoms with Crippen LogP contribution in [0.25, 0.3) is 0 Å². The van der Waals surface area contributed by atoms with Crippen molar-refractivity contribution >= 4 is 6.09 Å². The molecule has 0 saturated carbocycles. The first-order valence-corrected chi connectivity index (χ1v) is 10.8. The fraction of sp³-hybridized carbons (Fsp3) is 0.269. The number of halogens is 1. The molecule has 0 aromatic heterocycles. The molecule has 3 aromatic carbocycles. The number of ether oxygens (including phenoxy) is 4. The van der Waals surface area contributed by atoms with Crippen LogP contribution in [0.5, 0.6) is 23.0 Å². The summed E-state index contributed by atoms with van der Waals surface area (Å²) in [4.78, 5) is 13.8. The maximum Gasteiger partial charge on any atom is 0.415 e. The number of nitrogens with zero attached hydrogens (tertiary/aromatic N) is 1. The van der Waals surface area contributed by atoms with Crippen LogP contribution >= 0.6 is 0 Å². The van der Waals surface area contributed by atoms with E-state index in [2.05, 4.69) is 0 Å². The zero-order valence-electron chi connectivity index (χ0n) is 18.4. The Hall–Kier alpha value is -3.74. The van der Waals surface area contributed by atoms with Crippen LogP contribution < -0.4 is 18.9 Å². The molecule has 0 bridgehead atoms. The summed E-state index contributed by atoms with van der Waals surface area (Å²) < 4.78 is 33.6. The Balaban J connectivity index is 0.000000196. The second-order valence-electron chi connectivity index (χ2n) is 7.71. The van der Waals surface area contributed by atoms with E-state index >= 15 is 0 Å². The van der Waals surface area contributed by atoms with E-state index in [1.165, 1.54) is 12.1 Å². The molecule has 1 amide bonds. The summed E-state index contributed by atoms with van der Waals surface area (Å²) in [6.45, 7) is 1.63. The van der Waals surface area contributed by atoms with Crippen LogP contribution in [0.2, 0.25) is 0 Å². The Labute approximate surface area is 192 Å². The predicted molar refractivity (Wildman–Crippen MR) is 122 cm³/mol. The minimum absolute atomic E-state index is 0.215. The van der Waals surface area contributed by atoms with E-state index in [0.717, 1.165) is 35.7 Å². The summed E-state index contributed by atoms with van der Waals surface area (Å²) >= 11 is 0. The van der Waals surface area contributed by atoms with Crippen LogP contribution in [0.3, 0.4) is 0 Å². The number of para-hydroxylation sites is 1. The monoisotopic (exact) mass is 451 g/mol. The molecular weight excluding hydrogens is 425 g/mol. The minimum Gasteiger partial charge on any atom is -0.497 e. The number of piperidine rings is 1. The van der Waals surface area contributed by atoms with Gasteiger partial charge in [0.05, 0.1) is 7.11 Å². The van der Waals surface area contributed by atoms with E-state index in [1.807, 2.05) is 48.5 Å². The number of likely N-dealkylation sites (tertiary alicyclic amines) is 1. The maximum absolute atomic E-state index is 13.0. The Kier molecular flexibility index (Phi) is 7.29. The fourth-order valence-electron chi connectivity index (χ4n) is 3.79. The lowest BCUT2D eigenvalue weighted by Crippen LogP contribution is -2.39. The van der Waals surface area contributed by atoms with Gasteiger partial charge >= 0.3 is 6.09 Å². The van der Waals surface area contributed by atoms with Gasteiger partial charge in [-0.2, -0.15) is 0 Å². The second-order valence-corrected chi connectivity index (χ2v) is 7.71. The number of carbonyl (C=O) groups excluding carboxylic acids is 1. The molecule has 0 N–H and O–H groups in total. The summed E-state index contributed by atoms with van der Waals surface area (Å²) in [6.07, 6.45) is 1.44. The van der Waals surface area contributed by atoms with E-state index < -0.39 is 0 Å². The molecule has 2 aliphatic heterocycles. The van der Waals surface area contributed by atoms with Gasteiger partial charge in [-0.15, -0.1) is 0 Å². The lowest BCUT2D eigenvalue weighted by molar-refractivity contribution is 0.138. The average Bonchev–Trinajstić information content (AvgIpc) is 3.33. The first-order chi connectivity index (χ1) is 16.1. The summed E-state index contributed by atoms with van der Waals surface area (Å²) in [6, 6.07) is 21.2. The highest BCUT2D eigenvalue weighted by Crippen LogP contribution is 2.34. The van der Waals surface area contributed by atoms with Crippen molar-refractivity contribution in [3.63, 3.8) is 0 Å². The van der Waals surface area contributed by atoms with Crippen LogP contribution in [0, 0.1) is 5.82 Å².